The number of piperidine rings is 1. The van der Waals surface area contributed by atoms with Gasteiger partial charge in [0, 0.05) is 42.1 Å². The molecule has 3 heterocycles. The number of carbonyl (C=O) groups excluding carboxylic acids is 1. The highest BCUT2D eigenvalue weighted by Gasteiger charge is 2.24. The first kappa shape index (κ1) is 17.0. The highest BCUT2D eigenvalue weighted by atomic mass is 16.1. The van der Waals surface area contributed by atoms with Crippen molar-refractivity contribution in [3.8, 4) is 0 Å². The van der Waals surface area contributed by atoms with Gasteiger partial charge in [0.15, 0.2) is 0 Å². The molecular formula is C21H26N4O. The summed E-state index contributed by atoms with van der Waals surface area (Å²) >= 11 is 0. The summed E-state index contributed by atoms with van der Waals surface area (Å²) in [5, 5.41) is 5.15. The van der Waals surface area contributed by atoms with Crippen LogP contribution in [0.4, 0.5) is 0 Å². The normalized spacial score (nSPS) is 21.3. The van der Waals surface area contributed by atoms with Crippen molar-refractivity contribution in [1.82, 2.24) is 20.2 Å². The monoisotopic (exact) mass is 350 g/mol. The molecule has 2 N–H and O–H groups in total. The highest BCUT2D eigenvalue weighted by Crippen LogP contribution is 2.24. The molecule has 1 amide bonds. The fourth-order valence-electron chi connectivity index (χ4n) is 4.17. The zero-order valence-electron chi connectivity index (χ0n) is 15.5. The van der Waals surface area contributed by atoms with Crippen molar-refractivity contribution in [1.29, 1.82) is 0 Å². The second-order valence-electron chi connectivity index (χ2n) is 7.41. The number of nitrogens with one attached hydrogen (secondary N) is 2. The third-order valence-electron chi connectivity index (χ3n) is 5.64. The van der Waals surface area contributed by atoms with Gasteiger partial charge in [-0.3, -0.25) is 14.7 Å². The summed E-state index contributed by atoms with van der Waals surface area (Å²) in [5.41, 5.74) is 2.42. The Labute approximate surface area is 153 Å². The molecule has 1 aliphatic heterocycles. The van der Waals surface area contributed by atoms with E-state index in [0.717, 1.165) is 28.4 Å². The summed E-state index contributed by atoms with van der Waals surface area (Å²) in [7, 11) is 0. The number of amides is 1. The van der Waals surface area contributed by atoms with E-state index in [9.17, 15) is 4.79 Å². The van der Waals surface area contributed by atoms with Crippen LogP contribution in [0.15, 0.2) is 36.5 Å². The van der Waals surface area contributed by atoms with Gasteiger partial charge in [0.25, 0.3) is 5.91 Å². The molecule has 4 rings (SSSR count). The Balaban J connectivity index is 1.45. The lowest BCUT2D eigenvalue weighted by Gasteiger charge is -2.38. The van der Waals surface area contributed by atoms with Crippen LogP contribution in [0.3, 0.4) is 0 Å². The molecule has 2 aromatic heterocycles. The molecule has 1 saturated heterocycles. The standard InChI is InChI=1S/C21H26N4O/c1-14-5-3-6-15(2)25(14)12-11-23-21(26)18-13-17-9-8-16-7-4-10-22-19(16)20(17)24-18/h4,7-10,13-15,24H,3,5-6,11-12H2,1-2H3,(H,23,26)/t14-,15-/m1/s1. The lowest BCUT2D eigenvalue weighted by atomic mass is 9.98. The zero-order chi connectivity index (χ0) is 18.1. The topological polar surface area (TPSA) is 61.0 Å². The number of hydrogen-bond donors (Lipinski definition) is 2. The molecule has 0 aliphatic carbocycles. The van der Waals surface area contributed by atoms with Gasteiger partial charge in [-0.25, -0.2) is 0 Å². The molecule has 136 valence electrons. The van der Waals surface area contributed by atoms with Crippen LogP contribution < -0.4 is 5.32 Å². The van der Waals surface area contributed by atoms with Crippen LogP contribution in [0, 0.1) is 0 Å². The molecule has 0 saturated carbocycles. The number of carbonyl (C=O) groups is 1. The van der Waals surface area contributed by atoms with E-state index in [0.29, 0.717) is 24.3 Å². The minimum Gasteiger partial charge on any atom is -0.349 e. The molecule has 1 fully saturated rings. The molecule has 0 unspecified atom stereocenters. The van der Waals surface area contributed by atoms with E-state index >= 15 is 0 Å². The third kappa shape index (κ3) is 3.19. The van der Waals surface area contributed by atoms with Crippen LogP contribution in [0.5, 0.6) is 0 Å². The number of pyridine rings is 1. The van der Waals surface area contributed by atoms with E-state index in [2.05, 4.69) is 34.0 Å². The number of likely N-dealkylation sites (tertiary alicyclic amines) is 1. The van der Waals surface area contributed by atoms with Crippen molar-refractivity contribution in [3.05, 3.63) is 42.2 Å². The minimum absolute atomic E-state index is 0.0532. The summed E-state index contributed by atoms with van der Waals surface area (Å²) in [5.74, 6) is -0.0532. The molecule has 0 spiro atoms. The molecule has 1 aromatic carbocycles. The average Bonchev–Trinajstić information content (AvgIpc) is 3.09. The maximum Gasteiger partial charge on any atom is 0.267 e. The van der Waals surface area contributed by atoms with Crippen molar-refractivity contribution >= 4 is 27.7 Å². The number of hydrogen-bond acceptors (Lipinski definition) is 3. The van der Waals surface area contributed by atoms with E-state index in [4.69, 9.17) is 0 Å². The third-order valence-corrected chi connectivity index (χ3v) is 5.64. The molecule has 2 atom stereocenters. The first-order valence-corrected chi connectivity index (χ1v) is 9.54. The van der Waals surface area contributed by atoms with Gasteiger partial charge in [0.2, 0.25) is 0 Å². The van der Waals surface area contributed by atoms with Gasteiger partial charge in [-0.15, -0.1) is 0 Å². The Morgan fingerprint density at radius 1 is 1.23 bits per heavy atom. The quantitative estimate of drug-likeness (QED) is 0.754. The lowest BCUT2D eigenvalue weighted by molar-refractivity contribution is 0.0886. The Morgan fingerprint density at radius 3 is 2.81 bits per heavy atom. The van der Waals surface area contributed by atoms with E-state index < -0.39 is 0 Å². The van der Waals surface area contributed by atoms with E-state index in [1.165, 1.54) is 19.3 Å². The molecule has 0 bridgehead atoms. The van der Waals surface area contributed by atoms with Crippen LogP contribution in [-0.4, -0.2) is 45.9 Å². The van der Waals surface area contributed by atoms with E-state index in [-0.39, 0.29) is 5.91 Å². The van der Waals surface area contributed by atoms with Crippen molar-refractivity contribution < 1.29 is 4.79 Å². The fourth-order valence-corrected chi connectivity index (χ4v) is 4.17. The Bertz CT molecular complexity index is 922. The summed E-state index contributed by atoms with van der Waals surface area (Å²) in [6.45, 7) is 6.14. The van der Waals surface area contributed by atoms with Crippen LogP contribution >= 0.6 is 0 Å². The van der Waals surface area contributed by atoms with Crippen molar-refractivity contribution in [2.75, 3.05) is 13.1 Å². The molecule has 0 radical (unpaired) electrons. The minimum atomic E-state index is -0.0532. The maximum absolute atomic E-state index is 12.6. The smallest absolute Gasteiger partial charge is 0.267 e. The van der Waals surface area contributed by atoms with Crippen LogP contribution in [-0.2, 0) is 0 Å². The van der Waals surface area contributed by atoms with E-state index in [1.807, 2.05) is 30.3 Å². The van der Waals surface area contributed by atoms with Crippen LogP contribution in [0.2, 0.25) is 0 Å². The second kappa shape index (κ2) is 7.08. The molecule has 5 heteroatoms. The second-order valence-corrected chi connectivity index (χ2v) is 7.41. The van der Waals surface area contributed by atoms with Gasteiger partial charge in [0.05, 0.1) is 11.0 Å². The molecular weight excluding hydrogens is 324 g/mol. The number of benzene rings is 1. The zero-order valence-corrected chi connectivity index (χ0v) is 15.5. The number of H-pyrrole nitrogens is 1. The summed E-state index contributed by atoms with van der Waals surface area (Å²) in [6, 6.07) is 11.1. The lowest BCUT2D eigenvalue weighted by Crippen LogP contribution is -2.47. The molecule has 3 aromatic rings. The van der Waals surface area contributed by atoms with Gasteiger partial charge in [-0.2, -0.15) is 0 Å². The van der Waals surface area contributed by atoms with Crippen molar-refractivity contribution in [3.63, 3.8) is 0 Å². The first-order chi connectivity index (χ1) is 12.6. The highest BCUT2D eigenvalue weighted by molar-refractivity contribution is 6.07. The number of aromatic amines is 1. The maximum atomic E-state index is 12.6. The predicted molar refractivity (Wildman–Crippen MR) is 105 cm³/mol. The van der Waals surface area contributed by atoms with Gasteiger partial charge in [0.1, 0.15) is 5.69 Å². The first-order valence-electron chi connectivity index (χ1n) is 9.54. The van der Waals surface area contributed by atoms with Gasteiger partial charge in [-0.1, -0.05) is 24.6 Å². The number of nitrogens with zero attached hydrogens (tertiary/aromatic N) is 2. The molecule has 26 heavy (non-hydrogen) atoms. The average molecular weight is 350 g/mol. The SMILES string of the molecule is C[C@@H]1CCC[C@@H](C)N1CCNC(=O)c1cc2ccc3cccnc3c2[nH]1. The molecule has 5 nitrogen and oxygen atoms in total. The van der Waals surface area contributed by atoms with Crippen LogP contribution in [0.25, 0.3) is 21.8 Å². The van der Waals surface area contributed by atoms with Gasteiger partial charge in [-0.05, 0) is 38.8 Å². The molecule has 1 aliphatic rings. The summed E-state index contributed by atoms with van der Waals surface area (Å²) in [6.07, 6.45) is 5.59. The van der Waals surface area contributed by atoms with Gasteiger partial charge >= 0.3 is 0 Å². The largest absolute Gasteiger partial charge is 0.349 e. The van der Waals surface area contributed by atoms with Crippen molar-refractivity contribution in [2.45, 2.75) is 45.2 Å². The Hall–Kier alpha value is -2.40. The summed E-state index contributed by atoms with van der Waals surface area (Å²) < 4.78 is 0. The predicted octanol–water partition coefficient (Wildman–Crippen LogP) is 3.71. The van der Waals surface area contributed by atoms with E-state index in [1.54, 1.807) is 6.20 Å². The number of aromatic nitrogens is 2. The van der Waals surface area contributed by atoms with Crippen molar-refractivity contribution in [2.24, 2.45) is 0 Å². The Kier molecular flexibility index (Phi) is 4.64. The fraction of sp³-hybridized carbons (Fsp3) is 0.429. The number of rotatable bonds is 4. The number of fused-ring (bicyclic) bond motifs is 3. The van der Waals surface area contributed by atoms with Gasteiger partial charge < -0.3 is 10.3 Å². The Morgan fingerprint density at radius 2 is 2.00 bits per heavy atom. The van der Waals surface area contributed by atoms with Crippen LogP contribution in [0.1, 0.15) is 43.6 Å². The summed E-state index contributed by atoms with van der Waals surface area (Å²) in [4.78, 5) is 22.8.